The Morgan fingerprint density at radius 3 is 2.73 bits per heavy atom. The van der Waals surface area contributed by atoms with Crippen molar-refractivity contribution < 1.29 is 14.3 Å². The Kier molecular flexibility index (Phi) is 3.71. The second-order valence-corrected chi connectivity index (χ2v) is 5.73. The first-order valence-electron chi connectivity index (χ1n) is 7.40. The number of hydrogen-bond donors (Lipinski definition) is 2. The molecule has 2 aromatic rings. The Morgan fingerprint density at radius 2 is 2.05 bits per heavy atom. The van der Waals surface area contributed by atoms with E-state index in [-0.39, 0.29) is 17.5 Å². The van der Waals surface area contributed by atoms with Gasteiger partial charge in [-0.25, -0.2) is 4.39 Å². The summed E-state index contributed by atoms with van der Waals surface area (Å²) in [7, 11) is 0. The molecular weight excluding hydrogens is 281 g/mol. The lowest BCUT2D eigenvalue weighted by Crippen LogP contribution is -2.10. The molecule has 0 spiro atoms. The molecule has 1 amide bonds. The van der Waals surface area contributed by atoms with Crippen LogP contribution in [-0.4, -0.2) is 11.0 Å². The smallest absolute Gasteiger partial charge is 0.232 e. The monoisotopic (exact) mass is 299 g/mol. The van der Waals surface area contributed by atoms with Gasteiger partial charge in [-0.15, -0.1) is 0 Å². The zero-order valence-electron chi connectivity index (χ0n) is 12.6. The standard InChI is InChI=1S/C18H18FNO2/c1-3-13-14-8-12(9-15(19)16(14)20-18(13)22)17(21)11-6-4-5-10(2)7-11/h4-9,13,17,21H,3H2,1-2H3,(H,20,22). The van der Waals surface area contributed by atoms with Crippen LogP contribution < -0.4 is 5.32 Å². The lowest BCUT2D eigenvalue weighted by Gasteiger charge is -2.15. The number of halogens is 1. The second kappa shape index (κ2) is 5.54. The minimum atomic E-state index is -0.909. The van der Waals surface area contributed by atoms with Crippen molar-refractivity contribution in [1.29, 1.82) is 0 Å². The number of fused-ring (bicyclic) bond motifs is 1. The number of amides is 1. The molecule has 1 aliphatic heterocycles. The van der Waals surface area contributed by atoms with Crippen molar-refractivity contribution in [2.24, 2.45) is 0 Å². The van der Waals surface area contributed by atoms with E-state index < -0.39 is 11.9 Å². The highest BCUT2D eigenvalue weighted by Gasteiger charge is 2.32. The van der Waals surface area contributed by atoms with Crippen LogP contribution in [0.5, 0.6) is 0 Å². The van der Waals surface area contributed by atoms with Gasteiger partial charge in [0, 0.05) is 0 Å². The molecule has 2 atom stereocenters. The lowest BCUT2D eigenvalue weighted by molar-refractivity contribution is -0.117. The quantitative estimate of drug-likeness (QED) is 0.908. The Bertz CT molecular complexity index is 742. The van der Waals surface area contributed by atoms with E-state index >= 15 is 0 Å². The molecule has 2 N–H and O–H groups in total. The minimum Gasteiger partial charge on any atom is -0.384 e. The summed E-state index contributed by atoms with van der Waals surface area (Å²) in [5, 5.41) is 13.1. The van der Waals surface area contributed by atoms with Crippen LogP contribution in [0.15, 0.2) is 36.4 Å². The Balaban J connectivity index is 2.05. The van der Waals surface area contributed by atoms with Crippen LogP contribution in [0.2, 0.25) is 0 Å². The normalized spacial score (nSPS) is 18.0. The Labute approximate surface area is 128 Å². The summed E-state index contributed by atoms with van der Waals surface area (Å²) >= 11 is 0. The summed E-state index contributed by atoms with van der Waals surface area (Å²) in [6.45, 7) is 3.83. The lowest BCUT2D eigenvalue weighted by atomic mass is 9.92. The third-order valence-electron chi connectivity index (χ3n) is 4.17. The maximum atomic E-state index is 14.3. The van der Waals surface area contributed by atoms with Crippen molar-refractivity contribution in [2.45, 2.75) is 32.3 Å². The van der Waals surface area contributed by atoms with Crippen molar-refractivity contribution >= 4 is 11.6 Å². The molecule has 0 aliphatic carbocycles. The zero-order chi connectivity index (χ0) is 15.9. The predicted molar refractivity (Wildman–Crippen MR) is 83.3 cm³/mol. The fraction of sp³-hybridized carbons (Fsp3) is 0.278. The summed E-state index contributed by atoms with van der Waals surface area (Å²) in [5.41, 5.74) is 3.09. The number of rotatable bonds is 3. The summed E-state index contributed by atoms with van der Waals surface area (Å²) in [6, 6.07) is 10.5. The van der Waals surface area contributed by atoms with E-state index in [0.29, 0.717) is 23.1 Å². The maximum absolute atomic E-state index is 14.3. The molecule has 0 saturated heterocycles. The molecule has 1 aliphatic rings. The molecule has 22 heavy (non-hydrogen) atoms. The molecular formula is C18H18FNO2. The Morgan fingerprint density at radius 1 is 1.27 bits per heavy atom. The number of nitrogens with one attached hydrogen (secondary N) is 1. The van der Waals surface area contributed by atoms with Crippen LogP contribution in [0.4, 0.5) is 10.1 Å². The van der Waals surface area contributed by atoms with E-state index in [1.54, 1.807) is 6.07 Å². The summed E-state index contributed by atoms with van der Waals surface area (Å²) in [5.74, 6) is -1.03. The highest BCUT2D eigenvalue weighted by molar-refractivity contribution is 6.03. The van der Waals surface area contributed by atoms with E-state index in [2.05, 4.69) is 5.32 Å². The highest BCUT2D eigenvalue weighted by atomic mass is 19.1. The zero-order valence-corrected chi connectivity index (χ0v) is 12.6. The molecule has 114 valence electrons. The van der Waals surface area contributed by atoms with Crippen LogP contribution in [-0.2, 0) is 4.79 Å². The minimum absolute atomic E-state index is 0.182. The van der Waals surface area contributed by atoms with Crippen LogP contribution in [0, 0.1) is 12.7 Å². The first kappa shape index (κ1) is 14.7. The van der Waals surface area contributed by atoms with Crippen molar-refractivity contribution in [3.05, 3.63) is 64.5 Å². The average molecular weight is 299 g/mol. The van der Waals surface area contributed by atoms with Gasteiger partial charge in [0.15, 0.2) is 0 Å². The van der Waals surface area contributed by atoms with Gasteiger partial charge in [-0.1, -0.05) is 36.8 Å². The third-order valence-corrected chi connectivity index (χ3v) is 4.17. The van der Waals surface area contributed by atoms with E-state index in [1.807, 2.05) is 38.1 Å². The van der Waals surface area contributed by atoms with Gasteiger partial charge in [-0.05, 0) is 42.2 Å². The number of aryl methyl sites for hydroxylation is 1. The van der Waals surface area contributed by atoms with E-state index in [9.17, 15) is 14.3 Å². The van der Waals surface area contributed by atoms with Crippen molar-refractivity contribution in [3.63, 3.8) is 0 Å². The van der Waals surface area contributed by atoms with Crippen molar-refractivity contribution in [3.8, 4) is 0 Å². The number of benzene rings is 2. The van der Waals surface area contributed by atoms with Crippen LogP contribution >= 0.6 is 0 Å². The van der Waals surface area contributed by atoms with E-state index in [0.717, 1.165) is 5.56 Å². The van der Waals surface area contributed by atoms with Gasteiger partial charge in [0.05, 0.1) is 11.6 Å². The SMILES string of the molecule is CCC1C(=O)Nc2c(F)cc(C(O)c3cccc(C)c3)cc21. The number of carbonyl (C=O) groups is 1. The van der Waals surface area contributed by atoms with Gasteiger partial charge >= 0.3 is 0 Å². The number of aliphatic hydroxyl groups excluding tert-OH is 1. The molecule has 0 saturated carbocycles. The molecule has 4 heteroatoms. The van der Waals surface area contributed by atoms with Gasteiger partial charge < -0.3 is 10.4 Å². The summed E-state index contributed by atoms with van der Waals surface area (Å²) in [4.78, 5) is 11.9. The van der Waals surface area contributed by atoms with Crippen LogP contribution in [0.3, 0.4) is 0 Å². The fourth-order valence-electron chi connectivity index (χ4n) is 3.00. The van der Waals surface area contributed by atoms with Crippen molar-refractivity contribution in [2.75, 3.05) is 5.32 Å². The first-order valence-corrected chi connectivity index (χ1v) is 7.40. The number of hydrogen-bond acceptors (Lipinski definition) is 2. The van der Waals surface area contributed by atoms with Crippen LogP contribution in [0.1, 0.15) is 47.6 Å². The predicted octanol–water partition coefficient (Wildman–Crippen LogP) is 3.66. The molecule has 0 radical (unpaired) electrons. The summed E-state index contributed by atoms with van der Waals surface area (Å²) in [6.07, 6.45) is -0.310. The molecule has 0 aromatic heterocycles. The molecule has 1 heterocycles. The van der Waals surface area contributed by atoms with Gasteiger partial charge in [-0.2, -0.15) is 0 Å². The molecule has 2 aromatic carbocycles. The summed E-state index contributed by atoms with van der Waals surface area (Å²) < 4.78 is 14.3. The number of anilines is 1. The molecule has 3 rings (SSSR count). The average Bonchev–Trinajstić information content (AvgIpc) is 2.82. The topological polar surface area (TPSA) is 49.3 Å². The fourth-order valence-corrected chi connectivity index (χ4v) is 3.00. The van der Waals surface area contributed by atoms with Crippen molar-refractivity contribution in [1.82, 2.24) is 0 Å². The second-order valence-electron chi connectivity index (χ2n) is 5.73. The van der Waals surface area contributed by atoms with Crippen LogP contribution in [0.25, 0.3) is 0 Å². The maximum Gasteiger partial charge on any atom is 0.232 e. The van der Waals surface area contributed by atoms with Gasteiger partial charge in [-0.3, -0.25) is 4.79 Å². The Hall–Kier alpha value is -2.20. The number of carbonyl (C=O) groups excluding carboxylic acids is 1. The van der Waals surface area contributed by atoms with Gasteiger partial charge in [0.25, 0.3) is 0 Å². The van der Waals surface area contributed by atoms with E-state index in [4.69, 9.17) is 0 Å². The largest absolute Gasteiger partial charge is 0.384 e. The van der Waals surface area contributed by atoms with Gasteiger partial charge in [0.2, 0.25) is 5.91 Å². The number of aliphatic hydroxyl groups is 1. The van der Waals surface area contributed by atoms with E-state index in [1.165, 1.54) is 6.07 Å². The first-order chi connectivity index (χ1) is 10.5. The highest BCUT2D eigenvalue weighted by Crippen LogP contribution is 2.39. The molecule has 0 fully saturated rings. The molecule has 0 bridgehead atoms. The van der Waals surface area contributed by atoms with Gasteiger partial charge in [0.1, 0.15) is 11.9 Å². The molecule has 2 unspecified atom stereocenters. The third kappa shape index (κ3) is 2.40. The molecule has 3 nitrogen and oxygen atoms in total.